The Morgan fingerprint density at radius 3 is 2.44 bits per heavy atom. The van der Waals surface area contributed by atoms with E-state index in [2.05, 4.69) is 6.07 Å². The third-order valence-corrected chi connectivity index (χ3v) is 6.02. The second-order valence-electron chi connectivity index (χ2n) is 7.63. The van der Waals surface area contributed by atoms with Gasteiger partial charge in [0.25, 0.3) is 0 Å². The number of ether oxygens (including phenoxy) is 1. The van der Waals surface area contributed by atoms with Crippen LogP contribution >= 0.6 is 0 Å². The highest BCUT2D eigenvalue weighted by molar-refractivity contribution is 6.33. The lowest BCUT2D eigenvalue weighted by atomic mass is 9.75. The Balaban J connectivity index is 1.97. The third kappa shape index (κ3) is 2.59. The minimum absolute atomic E-state index is 0.130. The van der Waals surface area contributed by atoms with Gasteiger partial charge >= 0.3 is 0 Å². The van der Waals surface area contributed by atoms with Gasteiger partial charge in [0, 0.05) is 22.6 Å². The zero-order valence-electron chi connectivity index (χ0n) is 15.3. The Kier molecular flexibility index (Phi) is 4.13. The lowest BCUT2D eigenvalue weighted by molar-refractivity contribution is 0.391. The van der Waals surface area contributed by atoms with Gasteiger partial charge in [-0.1, -0.05) is 36.9 Å². The molecular weight excluding hydrogens is 310 g/mol. The van der Waals surface area contributed by atoms with Crippen LogP contribution in [-0.4, -0.2) is 7.85 Å². The molecule has 128 valence electrons. The zero-order valence-corrected chi connectivity index (χ0v) is 15.3. The summed E-state index contributed by atoms with van der Waals surface area (Å²) in [5, 5.41) is 0. The normalized spacial score (nSPS) is 19.4. The molecule has 2 aromatic carbocycles. The van der Waals surface area contributed by atoms with E-state index in [0.717, 1.165) is 28.1 Å². The molecule has 0 bridgehead atoms. The monoisotopic (exact) mass is 334 g/mol. The van der Waals surface area contributed by atoms with Crippen LogP contribution in [0, 0.1) is 25.6 Å². The van der Waals surface area contributed by atoms with Gasteiger partial charge in [-0.2, -0.15) is 0 Å². The summed E-state index contributed by atoms with van der Waals surface area (Å²) in [6.45, 7) is 5.90. The molecule has 1 atom stereocenters. The Bertz CT molecular complexity index is 837. The van der Waals surface area contributed by atoms with Gasteiger partial charge < -0.3 is 4.74 Å². The minimum atomic E-state index is -0.130. The summed E-state index contributed by atoms with van der Waals surface area (Å²) >= 11 is 0. The van der Waals surface area contributed by atoms with Crippen molar-refractivity contribution in [2.45, 2.75) is 58.8 Å². The average molecular weight is 334 g/mol. The number of fused-ring (bicyclic) bond motifs is 2. The van der Waals surface area contributed by atoms with Crippen LogP contribution in [0.25, 0.3) is 0 Å². The first-order valence-electron chi connectivity index (χ1n) is 9.41. The van der Waals surface area contributed by atoms with E-state index in [1.165, 1.54) is 36.8 Å². The van der Waals surface area contributed by atoms with Crippen molar-refractivity contribution in [3.05, 3.63) is 51.8 Å². The molecule has 0 spiro atoms. The maximum atomic E-state index is 14.7. The van der Waals surface area contributed by atoms with Crippen LogP contribution in [0.15, 0.2) is 18.2 Å². The van der Waals surface area contributed by atoms with Gasteiger partial charge in [0.1, 0.15) is 25.2 Å². The minimum Gasteiger partial charge on any atom is -0.456 e. The fourth-order valence-corrected chi connectivity index (χ4v) is 4.68. The summed E-state index contributed by atoms with van der Waals surface area (Å²) in [5.41, 5.74) is 5.63. The smallest absolute Gasteiger partial charge is 0.137 e. The number of hydrogen-bond acceptors (Lipinski definition) is 1. The van der Waals surface area contributed by atoms with Crippen LogP contribution in [-0.2, 0) is 6.42 Å². The summed E-state index contributed by atoms with van der Waals surface area (Å²) in [5.74, 6) is 2.29. The molecule has 1 nitrogen and oxygen atoms in total. The quantitative estimate of drug-likeness (QED) is 0.684. The molecule has 1 saturated carbocycles. The molecule has 1 unspecified atom stereocenters. The molecule has 0 aromatic heterocycles. The summed E-state index contributed by atoms with van der Waals surface area (Å²) < 4.78 is 20.9. The van der Waals surface area contributed by atoms with Crippen molar-refractivity contribution < 1.29 is 9.13 Å². The van der Waals surface area contributed by atoms with Crippen LogP contribution < -0.4 is 10.2 Å². The predicted molar refractivity (Wildman–Crippen MR) is 101 cm³/mol. The molecule has 3 heteroatoms. The Hall–Kier alpha value is -1.77. The Morgan fingerprint density at radius 1 is 1.08 bits per heavy atom. The Labute approximate surface area is 151 Å². The van der Waals surface area contributed by atoms with Crippen LogP contribution in [0.2, 0.25) is 0 Å². The van der Waals surface area contributed by atoms with Crippen LogP contribution in [0.3, 0.4) is 0 Å². The van der Waals surface area contributed by atoms with E-state index in [0.29, 0.717) is 17.9 Å². The molecule has 2 aliphatic rings. The SMILES string of the molecule is [B]c1cc2c(cc1C)C(C1CCCC1)c1cc(C)c(F)c(CC)c1O2. The molecule has 4 rings (SSSR count). The van der Waals surface area contributed by atoms with E-state index in [9.17, 15) is 4.39 Å². The first-order valence-corrected chi connectivity index (χ1v) is 9.41. The first kappa shape index (κ1) is 16.7. The average Bonchev–Trinajstić information content (AvgIpc) is 3.10. The van der Waals surface area contributed by atoms with Gasteiger partial charge in [-0.05, 0) is 56.7 Å². The molecule has 0 N–H and O–H groups in total. The van der Waals surface area contributed by atoms with Crippen LogP contribution in [0.4, 0.5) is 4.39 Å². The number of benzene rings is 2. The van der Waals surface area contributed by atoms with Crippen molar-refractivity contribution in [1.29, 1.82) is 0 Å². The van der Waals surface area contributed by atoms with Gasteiger partial charge in [-0.25, -0.2) is 4.39 Å². The van der Waals surface area contributed by atoms with E-state index < -0.39 is 0 Å². The second kappa shape index (κ2) is 6.19. The van der Waals surface area contributed by atoms with Crippen molar-refractivity contribution in [1.82, 2.24) is 0 Å². The lowest BCUT2D eigenvalue weighted by Crippen LogP contribution is -2.21. The molecule has 1 aliphatic carbocycles. The first-order chi connectivity index (χ1) is 12.0. The van der Waals surface area contributed by atoms with E-state index in [4.69, 9.17) is 12.6 Å². The van der Waals surface area contributed by atoms with Crippen molar-refractivity contribution in [2.24, 2.45) is 5.92 Å². The van der Waals surface area contributed by atoms with E-state index in [1.54, 1.807) is 0 Å². The summed E-state index contributed by atoms with van der Waals surface area (Å²) in [6, 6.07) is 6.12. The summed E-state index contributed by atoms with van der Waals surface area (Å²) in [7, 11) is 6.13. The highest BCUT2D eigenvalue weighted by atomic mass is 19.1. The molecule has 2 aromatic rings. The molecule has 2 radical (unpaired) electrons. The number of halogens is 1. The Morgan fingerprint density at radius 2 is 1.76 bits per heavy atom. The van der Waals surface area contributed by atoms with Crippen molar-refractivity contribution >= 4 is 13.3 Å². The van der Waals surface area contributed by atoms with Crippen molar-refractivity contribution in [3.8, 4) is 11.5 Å². The standard InChI is InChI=1S/C22H24BFO/c1-4-15-21(24)13(3)10-17-20(14-7-5-6-8-14)16-9-12(2)18(23)11-19(16)25-22(15)17/h9-11,14,20H,4-8H2,1-3H3. The van der Waals surface area contributed by atoms with Crippen molar-refractivity contribution in [2.75, 3.05) is 0 Å². The van der Waals surface area contributed by atoms with Crippen LogP contribution in [0.5, 0.6) is 11.5 Å². The highest BCUT2D eigenvalue weighted by Crippen LogP contribution is 2.53. The molecule has 1 fully saturated rings. The summed E-state index contributed by atoms with van der Waals surface area (Å²) in [6.07, 6.45) is 5.64. The topological polar surface area (TPSA) is 9.23 Å². The lowest BCUT2D eigenvalue weighted by Gasteiger charge is -2.34. The molecule has 1 aliphatic heterocycles. The fraction of sp³-hybridized carbons (Fsp3) is 0.455. The molecule has 1 heterocycles. The third-order valence-electron chi connectivity index (χ3n) is 6.02. The van der Waals surface area contributed by atoms with Gasteiger partial charge in [-0.15, -0.1) is 0 Å². The molecule has 25 heavy (non-hydrogen) atoms. The van der Waals surface area contributed by atoms with Gasteiger partial charge in [0.2, 0.25) is 0 Å². The van der Waals surface area contributed by atoms with E-state index in [-0.39, 0.29) is 11.7 Å². The van der Waals surface area contributed by atoms with E-state index in [1.807, 2.05) is 32.9 Å². The molecule has 0 amide bonds. The maximum Gasteiger partial charge on any atom is 0.137 e. The second-order valence-corrected chi connectivity index (χ2v) is 7.63. The van der Waals surface area contributed by atoms with Gasteiger partial charge in [0.15, 0.2) is 0 Å². The molecule has 0 saturated heterocycles. The number of rotatable bonds is 2. The predicted octanol–water partition coefficient (Wildman–Crippen LogP) is 5.23. The van der Waals surface area contributed by atoms with Crippen molar-refractivity contribution in [3.63, 3.8) is 0 Å². The molecular formula is C22H24BFO. The van der Waals surface area contributed by atoms with Gasteiger partial charge in [-0.3, -0.25) is 0 Å². The zero-order chi connectivity index (χ0) is 17.7. The number of hydrogen-bond donors (Lipinski definition) is 0. The van der Waals surface area contributed by atoms with Gasteiger partial charge in [0.05, 0.1) is 0 Å². The fourth-order valence-electron chi connectivity index (χ4n) is 4.68. The highest BCUT2D eigenvalue weighted by Gasteiger charge is 2.37. The van der Waals surface area contributed by atoms with Crippen LogP contribution in [0.1, 0.15) is 66.3 Å². The number of aryl methyl sites for hydroxylation is 2. The largest absolute Gasteiger partial charge is 0.456 e. The maximum absolute atomic E-state index is 14.7. The summed E-state index contributed by atoms with van der Waals surface area (Å²) in [4.78, 5) is 0. The van der Waals surface area contributed by atoms with E-state index >= 15 is 0 Å².